The van der Waals surface area contributed by atoms with Gasteiger partial charge < -0.3 is 15.2 Å². The SMILES string of the molecule is CCc1cc(NC(=O)NC(C)c2ccncc2)cc2onc(CC)c12. The third kappa shape index (κ3) is 3.63. The van der Waals surface area contributed by atoms with Crippen LogP contribution in [0.5, 0.6) is 0 Å². The molecule has 0 bridgehead atoms. The van der Waals surface area contributed by atoms with Gasteiger partial charge in [-0.2, -0.15) is 0 Å². The molecule has 1 aromatic carbocycles. The van der Waals surface area contributed by atoms with E-state index in [9.17, 15) is 4.79 Å². The molecule has 2 N–H and O–H groups in total. The van der Waals surface area contributed by atoms with Crippen molar-refractivity contribution in [1.82, 2.24) is 15.5 Å². The summed E-state index contributed by atoms with van der Waals surface area (Å²) in [5, 5.41) is 11.0. The minimum Gasteiger partial charge on any atom is -0.356 e. The van der Waals surface area contributed by atoms with Crippen LogP contribution >= 0.6 is 0 Å². The van der Waals surface area contributed by atoms with Crippen molar-refractivity contribution in [3.63, 3.8) is 0 Å². The van der Waals surface area contributed by atoms with E-state index >= 15 is 0 Å². The number of rotatable bonds is 5. The van der Waals surface area contributed by atoms with Gasteiger partial charge in [0.05, 0.1) is 11.7 Å². The van der Waals surface area contributed by atoms with E-state index in [0.717, 1.165) is 35.0 Å². The van der Waals surface area contributed by atoms with Crippen molar-refractivity contribution in [2.75, 3.05) is 5.32 Å². The number of benzene rings is 1. The molecule has 2 heterocycles. The van der Waals surface area contributed by atoms with Crippen LogP contribution in [0, 0.1) is 0 Å². The molecule has 0 spiro atoms. The van der Waals surface area contributed by atoms with Crippen molar-refractivity contribution < 1.29 is 9.32 Å². The van der Waals surface area contributed by atoms with Crippen LogP contribution in [0.25, 0.3) is 11.0 Å². The van der Waals surface area contributed by atoms with Gasteiger partial charge in [-0.15, -0.1) is 0 Å². The van der Waals surface area contributed by atoms with Crippen LogP contribution in [0.1, 0.15) is 43.6 Å². The molecular weight excluding hydrogens is 316 g/mol. The third-order valence-corrected chi connectivity index (χ3v) is 4.25. The average Bonchev–Trinajstić information content (AvgIpc) is 3.04. The Balaban J connectivity index is 1.77. The van der Waals surface area contributed by atoms with Gasteiger partial charge in [-0.3, -0.25) is 4.98 Å². The van der Waals surface area contributed by atoms with E-state index in [0.29, 0.717) is 11.3 Å². The zero-order valence-corrected chi connectivity index (χ0v) is 14.7. The Morgan fingerprint density at radius 2 is 1.96 bits per heavy atom. The standard InChI is InChI=1S/C19H22N4O2/c1-4-13-10-15(11-17-18(13)16(5-2)23-25-17)22-19(24)21-12(3)14-6-8-20-9-7-14/h6-12H,4-5H2,1-3H3,(H2,21,22,24). The van der Waals surface area contributed by atoms with Gasteiger partial charge >= 0.3 is 6.03 Å². The molecule has 2 amide bonds. The quantitative estimate of drug-likeness (QED) is 0.729. The first-order chi connectivity index (χ1) is 12.1. The van der Waals surface area contributed by atoms with Gasteiger partial charge in [0.25, 0.3) is 0 Å². The van der Waals surface area contributed by atoms with E-state index in [1.165, 1.54) is 0 Å². The van der Waals surface area contributed by atoms with Crippen LogP contribution in [0.4, 0.5) is 10.5 Å². The van der Waals surface area contributed by atoms with E-state index in [4.69, 9.17) is 4.52 Å². The number of amides is 2. The van der Waals surface area contributed by atoms with Crippen molar-refractivity contribution in [3.8, 4) is 0 Å². The fraction of sp³-hybridized carbons (Fsp3) is 0.316. The van der Waals surface area contributed by atoms with Crippen LogP contribution in [-0.4, -0.2) is 16.2 Å². The van der Waals surface area contributed by atoms with E-state index in [1.54, 1.807) is 12.4 Å². The molecule has 3 aromatic rings. The molecule has 6 heteroatoms. The highest BCUT2D eigenvalue weighted by Crippen LogP contribution is 2.28. The Hall–Kier alpha value is -2.89. The second kappa shape index (κ2) is 7.34. The van der Waals surface area contributed by atoms with Crippen molar-refractivity contribution >= 4 is 22.7 Å². The normalized spacial score (nSPS) is 12.1. The molecule has 130 valence electrons. The zero-order chi connectivity index (χ0) is 17.8. The number of nitrogens with one attached hydrogen (secondary N) is 2. The molecule has 0 saturated carbocycles. The second-order valence-electron chi connectivity index (χ2n) is 5.95. The molecule has 0 radical (unpaired) electrons. The van der Waals surface area contributed by atoms with E-state index < -0.39 is 0 Å². The molecule has 1 unspecified atom stereocenters. The first-order valence-electron chi connectivity index (χ1n) is 8.51. The summed E-state index contributed by atoms with van der Waals surface area (Å²) in [6.07, 6.45) is 5.08. The highest BCUT2D eigenvalue weighted by Gasteiger charge is 2.14. The molecule has 0 saturated heterocycles. The van der Waals surface area contributed by atoms with Gasteiger partial charge in [-0.25, -0.2) is 4.79 Å². The maximum Gasteiger partial charge on any atom is 0.319 e. The molecule has 2 aromatic heterocycles. The van der Waals surface area contributed by atoms with Gasteiger partial charge in [-0.1, -0.05) is 19.0 Å². The number of hydrogen-bond acceptors (Lipinski definition) is 4. The Bertz CT molecular complexity index is 874. The molecule has 6 nitrogen and oxygen atoms in total. The van der Waals surface area contributed by atoms with Crippen molar-refractivity contribution in [1.29, 1.82) is 0 Å². The van der Waals surface area contributed by atoms with Crippen LogP contribution in [0.2, 0.25) is 0 Å². The molecule has 25 heavy (non-hydrogen) atoms. The van der Waals surface area contributed by atoms with E-state index in [1.807, 2.05) is 31.2 Å². The summed E-state index contributed by atoms with van der Waals surface area (Å²) >= 11 is 0. The fourth-order valence-electron chi connectivity index (χ4n) is 2.91. The Morgan fingerprint density at radius 1 is 1.20 bits per heavy atom. The van der Waals surface area contributed by atoms with E-state index in [-0.39, 0.29) is 12.1 Å². The van der Waals surface area contributed by atoms with Gasteiger partial charge in [0.15, 0.2) is 5.58 Å². The van der Waals surface area contributed by atoms with Crippen LogP contribution in [-0.2, 0) is 12.8 Å². The number of anilines is 1. The molecule has 3 rings (SSSR count). The van der Waals surface area contributed by atoms with Crippen LogP contribution < -0.4 is 10.6 Å². The summed E-state index contributed by atoms with van der Waals surface area (Å²) in [5.41, 5.74) is 4.47. The van der Waals surface area contributed by atoms with Gasteiger partial charge in [0.2, 0.25) is 0 Å². The highest BCUT2D eigenvalue weighted by molar-refractivity contribution is 5.94. The largest absolute Gasteiger partial charge is 0.356 e. The first-order valence-corrected chi connectivity index (χ1v) is 8.51. The lowest BCUT2D eigenvalue weighted by Gasteiger charge is -2.15. The summed E-state index contributed by atoms with van der Waals surface area (Å²) in [7, 11) is 0. The highest BCUT2D eigenvalue weighted by atomic mass is 16.5. The smallest absolute Gasteiger partial charge is 0.319 e. The topological polar surface area (TPSA) is 80.0 Å². The molecular formula is C19H22N4O2. The van der Waals surface area contributed by atoms with Crippen molar-refractivity contribution in [2.45, 2.75) is 39.7 Å². The number of carbonyl (C=O) groups excluding carboxylic acids is 1. The van der Waals surface area contributed by atoms with E-state index in [2.05, 4.69) is 34.6 Å². The Labute approximate surface area is 146 Å². The molecule has 0 fully saturated rings. The number of urea groups is 1. The average molecular weight is 338 g/mol. The van der Waals surface area contributed by atoms with Crippen LogP contribution in [0.3, 0.4) is 0 Å². The summed E-state index contributed by atoms with van der Waals surface area (Å²) in [4.78, 5) is 16.3. The number of aromatic nitrogens is 2. The lowest BCUT2D eigenvalue weighted by atomic mass is 10.0. The molecule has 0 aliphatic rings. The lowest BCUT2D eigenvalue weighted by Crippen LogP contribution is -2.31. The maximum absolute atomic E-state index is 12.3. The first kappa shape index (κ1) is 17.0. The molecule has 1 atom stereocenters. The third-order valence-electron chi connectivity index (χ3n) is 4.25. The number of pyridine rings is 1. The Kier molecular flexibility index (Phi) is 4.97. The zero-order valence-electron chi connectivity index (χ0n) is 14.7. The Morgan fingerprint density at radius 3 is 2.64 bits per heavy atom. The predicted octanol–water partition coefficient (Wildman–Crippen LogP) is 4.23. The van der Waals surface area contributed by atoms with Crippen molar-refractivity contribution in [3.05, 3.63) is 53.5 Å². The van der Waals surface area contributed by atoms with Crippen LogP contribution in [0.15, 0.2) is 41.2 Å². The summed E-state index contributed by atoms with van der Waals surface area (Å²) in [5.74, 6) is 0. The van der Waals surface area contributed by atoms with Gasteiger partial charge in [0.1, 0.15) is 0 Å². The summed E-state index contributed by atoms with van der Waals surface area (Å²) in [6, 6.07) is 7.18. The monoisotopic (exact) mass is 338 g/mol. The second-order valence-corrected chi connectivity index (χ2v) is 5.95. The molecule has 0 aliphatic heterocycles. The molecule has 0 aliphatic carbocycles. The number of nitrogens with zero attached hydrogens (tertiary/aromatic N) is 2. The fourth-order valence-corrected chi connectivity index (χ4v) is 2.91. The number of aryl methyl sites for hydroxylation is 2. The minimum absolute atomic E-state index is 0.116. The number of hydrogen-bond donors (Lipinski definition) is 2. The number of carbonyl (C=O) groups is 1. The number of fused-ring (bicyclic) bond motifs is 1. The predicted molar refractivity (Wildman–Crippen MR) is 97.6 cm³/mol. The lowest BCUT2D eigenvalue weighted by molar-refractivity contribution is 0.249. The maximum atomic E-state index is 12.3. The van der Waals surface area contributed by atoms with Crippen molar-refractivity contribution in [2.24, 2.45) is 0 Å². The summed E-state index contributed by atoms with van der Waals surface area (Å²) < 4.78 is 5.43. The minimum atomic E-state index is -0.263. The summed E-state index contributed by atoms with van der Waals surface area (Å²) in [6.45, 7) is 6.06. The van der Waals surface area contributed by atoms with Gasteiger partial charge in [0, 0.05) is 29.5 Å². The van der Waals surface area contributed by atoms with Gasteiger partial charge in [-0.05, 0) is 49.1 Å².